The molecule has 1 aliphatic rings. The SMILES string of the molecule is COc1ccc(/C=C2/SC(=O)N(CCC(=O)Nc3ccc(S(N)(=O)=O)cc3)C2=O)cc1. The molecule has 0 atom stereocenters. The highest BCUT2D eigenvalue weighted by atomic mass is 32.2. The van der Waals surface area contributed by atoms with E-state index >= 15 is 0 Å². The summed E-state index contributed by atoms with van der Waals surface area (Å²) in [7, 11) is -2.27. The number of primary sulfonamides is 1. The lowest BCUT2D eigenvalue weighted by Gasteiger charge is -2.12. The molecular weight excluding hydrogens is 442 g/mol. The van der Waals surface area contributed by atoms with E-state index in [1.165, 1.54) is 24.3 Å². The number of nitrogens with zero attached hydrogens (tertiary/aromatic N) is 1. The fraction of sp³-hybridized carbons (Fsp3) is 0.150. The lowest BCUT2D eigenvalue weighted by atomic mass is 10.2. The normalized spacial score (nSPS) is 15.4. The molecule has 0 bridgehead atoms. The maximum atomic E-state index is 12.5. The van der Waals surface area contributed by atoms with Crippen LogP contribution in [0.5, 0.6) is 5.75 Å². The lowest BCUT2D eigenvalue weighted by molar-refractivity contribution is -0.123. The number of methoxy groups -OCH3 is 1. The fourth-order valence-corrected chi connectivity index (χ4v) is 4.09. The molecule has 0 aromatic heterocycles. The van der Waals surface area contributed by atoms with Gasteiger partial charge in [-0.2, -0.15) is 0 Å². The van der Waals surface area contributed by atoms with Gasteiger partial charge in [-0.05, 0) is 59.8 Å². The van der Waals surface area contributed by atoms with Crippen molar-refractivity contribution in [3.63, 3.8) is 0 Å². The van der Waals surface area contributed by atoms with Crippen molar-refractivity contribution >= 4 is 50.6 Å². The molecule has 0 aliphatic carbocycles. The summed E-state index contributed by atoms with van der Waals surface area (Å²) in [4.78, 5) is 38.1. The van der Waals surface area contributed by atoms with Crippen molar-refractivity contribution < 1.29 is 27.5 Å². The molecule has 2 aromatic carbocycles. The second kappa shape index (κ2) is 9.33. The maximum absolute atomic E-state index is 12.5. The van der Waals surface area contributed by atoms with E-state index in [1.54, 1.807) is 37.5 Å². The Kier molecular flexibility index (Phi) is 6.78. The van der Waals surface area contributed by atoms with Gasteiger partial charge in [-0.1, -0.05) is 12.1 Å². The molecule has 162 valence electrons. The molecular formula is C20H19N3O6S2. The van der Waals surface area contributed by atoms with Crippen molar-refractivity contribution in [1.82, 2.24) is 4.90 Å². The van der Waals surface area contributed by atoms with E-state index in [-0.39, 0.29) is 22.8 Å². The predicted octanol–water partition coefficient (Wildman–Crippen LogP) is 2.41. The standard InChI is InChI=1S/C20H19N3O6S2/c1-29-15-6-2-13(3-7-15)12-17-19(25)23(20(26)30-17)11-10-18(24)22-14-4-8-16(9-5-14)31(21,27)28/h2-9,12H,10-11H2,1H3,(H,22,24)(H2,21,27,28)/b17-12+. The summed E-state index contributed by atoms with van der Waals surface area (Å²) in [6.45, 7) is -0.0777. The summed E-state index contributed by atoms with van der Waals surface area (Å²) >= 11 is 0.813. The average molecular weight is 462 g/mol. The minimum atomic E-state index is -3.82. The first-order valence-electron chi connectivity index (χ1n) is 8.99. The van der Waals surface area contributed by atoms with Crippen LogP contribution in [0.25, 0.3) is 6.08 Å². The largest absolute Gasteiger partial charge is 0.497 e. The topological polar surface area (TPSA) is 136 Å². The Bertz CT molecular complexity index is 1140. The Morgan fingerprint density at radius 2 is 1.77 bits per heavy atom. The maximum Gasteiger partial charge on any atom is 0.293 e. The smallest absolute Gasteiger partial charge is 0.293 e. The highest BCUT2D eigenvalue weighted by molar-refractivity contribution is 8.18. The Morgan fingerprint density at radius 1 is 1.13 bits per heavy atom. The quantitative estimate of drug-likeness (QED) is 0.604. The zero-order valence-electron chi connectivity index (χ0n) is 16.4. The molecule has 3 amide bonds. The number of carbonyl (C=O) groups is 3. The number of carbonyl (C=O) groups excluding carboxylic acids is 3. The molecule has 0 radical (unpaired) electrons. The van der Waals surface area contributed by atoms with Crippen LogP contribution in [0.1, 0.15) is 12.0 Å². The third kappa shape index (κ3) is 5.72. The first kappa shape index (κ1) is 22.5. The van der Waals surface area contributed by atoms with Gasteiger partial charge in [0, 0.05) is 18.7 Å². The number of hydrogen-bond acceptors (Lipinski definition) is 7. The summed E-state index contributed by atoms with van der Waals surface area (Å²) in [6.07, 6.45) is 1.50. The van der Waals surface area contributed by atoms with Gasteiger partial charge < -0.3 is 10.1 Å². The number of benzene rings is 2. The molecule has 11 heteroatoms. The highest BCUT2D eigenvalue weighted by Gasteiger charge is 2.35. The van der Waals surface area contributed by atoms with E-state index in [2.05, 4.69) is 5.32 Å². The second-order valence-corrected chi connectivity index (χ2v) is 9.03. The summed E-state index contributed by atoms with van der Waals surface area (Å²) < 4.78 is 27.6. The van der Waals surface area contributed by atoms with E-state index in [0.29, 0.717) is 11.4 Å². The molecule has 1 saturated heterocycles. The number of thioether (sulfide) groups is 1. The van der Waals surface area contributed by atoms with E-state index in [4.69, 9.17) is 9.88 Å². The van der Waals surface area contributed by atoms with Crippen LogP contribution in [0.3, 0.4) is 0 Å². The number of hydrogen-bond donors (Lipinski definition) is 2. The number of ether oxygens (including phenoxy) is 1. The van der Waals surface area contributed by atoms with Crippen molar-refractivity contribution in [3.05, 3.63) is 59.0 Å². The zero-order valence-corrected chi connectivity index (χ0v) is 18.0. The molecule has 0 spiro atoms. The van der Waals surface area contributed by atoms with Crippen LogP contribution < -0.4 is 15.2 Å². The molecule has 0 saturated carbocycles. The van der Waals surface area contributed by atoms with Crippen LogP contribution >= 0.6 is 11.8 Å². The van der Waals surface area contributed by atoms with Crippen LogP contribution in [-0.2, 0) is 19.6 Å². The van der Waals surface area contributed by atoms with Gasteiger partial charge in [0.1, 0.15) is 5.75 Å². The minimum Gasteiger partial charge on any atom is -0.497 e. The Labute approximate surface area is 183 Å². The van der Waals surface area contributed by atoms with Gasteiger partial charge in [0.05, 0.1) is 16.9 Å². The molecule has 1 heterocycles. The van der Waals surface area contributed by atoms with E-state index in [1.807, 2.05) is 0 Å². The van der Waals surface area contributed by atoms with Gasteiger partial charge in [-0.15, -0.1) is 0 Å². The Hall–Kier alpha value is -3.15. The molecule has 3 rings (SSSR count). The molecule has 3 N–H and O–H groups in total. The van der Waals surface area contributed by atoms with Gasteiger partial charge in [0.25, 0.3) is 11.1 Å². The third-order valence-electron chi connectivity index (χ3n) is 4.32. The molecule has 1 fully saturated rings. The third-order valence-corrected chi connectivity index (χ3v) is 6.15. The second-order valence-electron chi connectivity index (χ2n) is 6.47. The highest BCUT2D eigenvalue weighted by Crippen LogP contribution is 2.32. The first-order chi connectivity index (χ1) is 14.7. The number of amides is 3. The number of imide groups is 1. The average Bonchev–Trinajstić information content (AvgIpc) is 2.99. The molecule has 0 unspecified atom stereocenters. The molecule has 9 nitrogen and oxygen atoms in total. The van der Waals surface area contributed by atoms with Gasteiger partial charge in [-0.25, -0.2) is 13.6 Å². The number of anilines is 1. The van der Waals surface area contributed by atoms with Crippen LogP contribution in [0.15, 0.2) is 58.3 Å². The number of nitrogens with two attached hydrogens (primary N) is 1. The monoisotopic (exact) mass is 461 g/mol. The van der Waals surface area contributed by atoms with Gasteiger partial charge in [0.15, 0.2) is 0 Å². The summed E-state index contributed by atoms with van der Waals surface area (Å²) in [5.41, 5.74) is 1.11. The van der Waals surface area contributed by atoms with Crippen molar-refractivity contribution in [2.45, 2.75) is 11.3 Å². The van der Waals surface area contributed by atoms with Gasteiger partial charge in [-0.3, -0.25) is 19.3 Å². The fourth-order valence-electron chi connectivity index (χ4n) is 2.71. The van der Waals surface area contributed by atoms with Crippen molar-refractivity contribution in [2.75, 3.05) is 19.0 Å². The Balaban J connectivity index is 1.58. The lowest BCUT2D eigenvalue weighted by Crippen LogP contribution is -2.31. The predicted molar refractivity (Wildman–Crippen MR) is 117 cm³/mol. The van der Waals surface area contributed by atoms with Gasteiger partial charge in [0.2, 0.25) is 15.9 Å². The molecule has 31 heavy (non-hydrogen) atoms. The van der Waals surface area contributed by atoms with Crippen LogP contribution in [0.2, 0.25) is 0 Å². The van der Waals surface area contributed by atoms with E-state index in [9.17, 15) is 22.8 Å². The van der Waals surface area contributed by atoms with E-state index in [0.717, 1.165) is 22.2 Å². The summed E-state index contributed by atoms with van der Waals surface area (Å²) in [5.74, 6) is -0.215. The molecule has 1 aliphatic heterocycles. The summed E-state index contributed by atoms with van der Waals surface area (Å²) in [6, 6.07) is 12.4. The minimum absolute atomic E-state index is 0.0769. The zero-order chi connectivity index (χ0) is 22.6. The number of rotatable bonds is 7. The van der Waals surface area contributed by atoms with Crippen LogP contribution in [-0.4, -0.2) is 44.0 Å². The summed E-state index contributed by atoms with van der Waals surface area (Å²) in [5, 5.41) is 7.16. The first-order valence-corrected chi connectivity index (χ1v) is 11.4. The van der Waals surface area contributed by atoms with Crippen LogP contribution in [0, 0.1) is 0 Å². The number of nitrogens with one attached hydrogen (secondary N) is 1. The number of sulfonamides is 1. The van der Waals surface area contributed by atoms with Gasteiger partial charge >= 0.3 is 0 Å². The van der Waals surface area contributed by atoms with Crippen molar-refractivity contribution in [2.24, 2.45) is 5.14 Å². The van der Waals surface area contributed by atoms with Crippen LogP contribution in [0.4, 0.5) is 10.5 Å². The van der Waals surface area contributed by atoms with E-state index < -0.39 is 27.1 Å². The van der Waals surface area contributed by atoms with Crippen molar-refractivity contribution in [1.29, 1.82) is 0 Å². The Morgan fingerprint density at radius 3 is 2.35 bits per heavy atom. The molecule has 2 aromatic rings. The van der Waals surface area contributed by atoms with Crippen molar-refractivity contribution in [3.8, 4) is 5.75 Å².